The molecule has 1 fully saturated rings. The summed E-state index contributed by atoms with van der Waals surface area (Å²) in [6.07, 6.45) is -2.95. The molecule has 0 aromatic carbocycles. The summed E-state index contributed by atoms with van der Waals surface area (Å²) < 4.78 is 21.8. The Morgan fingerprint density at radius 3 is 1.79 bits per heavy atom. The van der Waals surface area contributed by atoms with Crippen LogP contribution in [0.2, 0.25) is 0 Å². The minimum Gasteiger partial charge on any atom is -0.790 e. The van der Waals surface area contributed by atoms with Crippen molar-refractivity contribution in [2.75, 3.05) is 62.0 Å². The summed E-state index contributed by atoms with van der Waals surface area (Å²) in [4.78, 5) is 51.6. The Morgan fingerprint density at radius 2 is 1.46 bits per heavy atom. The number of quaternary nitrogens is 2. The number of aromatic nitrogens is 1. The number of carbonyl (C=O) groups excluding carboxylic acids is 1. The van der Waals surface area contributed by atoms with Crippen molar-refractivity contribution in [3.63, 3.8) is 0 Å². The van der Waals surface area contributed by atoms with Crippen LogP contribution < -0.4 is 19.5 Å². The quantitative estimate of drug-likeness (QED) is 0.123. The second-order valence-electron chi connectivity index (χ2n) is 10.3. The number of aliphatic hydroxyl groups is 2. The first-order chi connectivity index (χ1) is 17.0. The molecule has 4 N–H and O–H groups in total. The average Bonchev–Trinajstić information content (AvgIpc) is 2.97. The van der Waals surface area contributed by atoms with Gasteiger partial charge in [0.25, 0.3) is 6.23 Å². The molecule has 2 heterocycles. The molecule has 0 saturated carbocycles. The number of hydrogen-bond acceptors (Lipinski definition) is 11. The summed E-state index contributed by atoms with van der Waals surface area (Å²) >= 11 is 0. The van der Waals surface area contributed by atoms with Gasteiger partial charge in [0, 0.05) is 6.07 Å². The Morgan fingerprint density at radius 1 is 1.00 bits per heavy atom. The number of ether oxygens (including phenoxy) is 1. The number of carboxylic acid groups (broad SMARTS) is 3. The highest BCUT2D eigenvalue weighted by Gasteiger charge is 2.48. The Balaban J connectivity index is 0. The normalized spacial score (nSPS) is 20.9. The molecule has 1 aromatic heterocycles. The molecule has 1 aliphatic rings. The molecule has 0 unspecified atom stereocenters. The lowest BCUT2D eigenvalue weighted by Gasteiger charge is -2.30. The van der Waals surface area contributed by atoms with Crippen molar-refractivity contribution in [1.29, 1.82) is 0 Å². The van der Waals surface area contributed by atoms with E-state index in [-0.39, 0.29) is 26.1 Å². The second kappa shape index (κ2) is 15.9. The topological polar surface area (TPSA) is 241 Å². The SMILES string of the molecule is C.C[N+](C)(C)CC(=O)O.C[N+](C)(C)CC(=O)O.O=C([O-])c1ccc[n+]([C@@H]2O[C@H](COP(=O)([O-])[O-])[C@@H](O)[C@H]2O)c1. The van der Waals surface area contributed by atoms with Crippen molar-refractivity contribution in [3.05, 3.63) is 30.1 Å². The Hall–Kier alpha value is -2.53. The largest absolute Gasteiger partial charge is 0.790 e. The van der Waals surface area contributed by atoms with Gasteiger partial charge in [-0.1, -0.05) is 7.43 Å². The number of aliphatic hydroxyl groups excluding tert-OH is 2. The van der Waals surface area contributed by atoms with E-state index in [0.717, 1.165) is 6.20 Å². The summed E-state index contributed by atoms with van der Waals surface area (Å²) in [7, 11) is 5.81. The third kappa shape index (κ3) is 17.6. The number of nitrogens with zero attached hydrogens (tertiary/aromatic N) is 3. The van der Waals surface area contributed by atoms with Crippen LogP contribution in [0.3, 0.4) is 0 Å². The average molecular weight is 586 g/mol. The van der Waals surface area contributed by atoms with Crippen molar-refractivity contribution in [2.24, 2.45) is 0 Å². The van der Waals surface area contributed by atoms with Crippen LogP contribution in [0.5, 0.6) is 0 Å². The number of rotatable bonds is 9. The van der Waals surface area contributed by atoms with Gasteiger partial charge in [-0.2, -0.15) is 4.57 Å². The number of carboxylic acids is 3. The summed E-state index contributed by atoms with van der Waals surface area (Å²) in [5, 5.41) is 46.9. The zero-order valence-electron chi connectivity index (χ0n) is 22.0. The molecule has 226 valence electrons. The second-order valence-corrected chi connectivity index (χ2v) is 11.5. The predicted molar refractivity (Wildman–Crippen MR) is 128 cm³/mol. The molecule has 39 heavy (non-hydrogen) atoms. The van der Waals surface area contributed by atoms with Crippen LogP contribution in [0.4, 0.5) is 0 Å². The van der Waals surface area contributed by atoms with Crippen LogP contribution >= 0.6 is 7.82 Å². The third-order valence-electron chi connectivity index (χ3n) is 4.31. The number of likely N-dealkylation sites (N-methyl/N-ethyl adjacent to an activating group) is 2. The maximum absolute atomic E-state index is 10.8. The van der Waals surface area contributed by atoms with Crippen LogP contribution in [0, 0.1) is 0 Å². The molecule has 1 saturated heterocycles. The number of phosphoric acid groups is 1. The number of hydrogen-bond donors (Lipinski definition) is 4. The fraction of sp³-hybridized carbons (Fsp3) is 0.636. The minimum atomic E-state index is -5.24. The third-order valence-corrected chi connectivity index (χ3v) is 4.77. The highest BCUT2D eigenvalue weighted by molar-refractivity contribution is 7.43. The molecular formula is C22H40N3O13P. The lowest BCUT2D eigenvalue weighted by molar-refractivity contribution is -0.862. The number of phosphoric ester groups is 1. The number of aliphatic carboxylic acids is 2. The molecule has 0 bridgehead atoms. The molecule has 2 rings (SSSR count). The highest BCUT2D eigenvalue weighted by Crippen LogP contribution is 2.30. The first kappa shape index (κ1) is 38.6. The van der Waals surface area contributed by atoms with E-state index in [2.05, 4.69) is 4.52 Å². The van der Waals surface area contributed by atoms with Gasteiger partial charge in [0.1, 0.15) is 12.2 Å². The Kier molecular flexibility index (Phi) is 15.8. The minimum absolute atomic E-state index is 0. The van der Waals surface area contributed by atoms with Gasteiger partial charge < -0.3 is 62.9 Å². The smallest absolute Gasteiger partial charge is 0.359 e. The molecule has 16 nitrogen and oxygen atoms in total. The van der Waals surface area contributed by atoms with Gasteiger partial charge in [-0.15, -0.1) is 0 Å². The van der Waals surface area contributed by atoms with Crippen LogP contribution in [0.15, 0.2) is 24.5 Å². The van der Waals surface area contributed by atoms with Crippen LogP contribution in [-0.2, 0) is 23.4 Å². The standard InChI is InChI=1S/C11H14NO9P.2C5H11NO2.CH4/c13-8-7(5-20-22(17,18)19)21-10(9(8)14)12-3-1-2-6(4-12)11(15)16;2*1-6(2,3)4-5(7)8;/h1-4,7-10,13-14H,5H2,(H2-,15,16,17,18,19);2*4H2,1-3H3;1H4/t7-,8-,9-,10-;;;/m1.../s1. The van der Waals surface area contributed by atoms with Crippen molar-refractivity contribution in [2.45, 2.75) is 32.0 Å². The summed E-state index contributed by atoms with van der Waals surface area (Å²) in [6.45, 7) is -0.403. The Labute approximate surface area is 227 Å². The zero-order chi connectivity index (χ0) is 30.1. The van der Waals surface area contributed by atoms with E-state index in [1.165, 1.54) is 22.9 Å². The number of carbonyl (C=O) groups is 3. The molecule has 0 spiro atoms. The van der Waals surface area contributed by atoms with Crippen LogP contribution in [0.1, 0.15) is 24.0 Å². The molecule has 0 aliphatic carbocycles. The lowest BCUT2D eigenvalue weighted by atomic mass is 10.1. The van der Waals surface area contributed by atoms with E-state index < -0.39 is 56.9 Å². The summed E-state index contributed by atoms with van der Waals surface area (Å²) in [5.74, 6) is -2.95. The maximum Gasteiger partial charge on any atom is 0.359 e. The van der Waals surface area contributed by atoms with E-state index in [0.29, 0.717) is 8.97 Å². The summed E-state index contributed by atoms with van der Waals surface area (Å²) in [6, 6.07) is 2.62. The van der Waals surface area contributed by atoms with E-state index in [4.69, 9.17) is 14.9 Å². The molecule has 17 heteroatoms. The monoisotopic (exact) mass is 585 g/mol. The van der Waals surface area contributed by atoms with Crippen LogP contribution in [-0.4, -0.2) is 128 Å². The van der Waals surface area contributed by atoms with Gasteiger partial charge in [0.2, 0.25) is 0 Å². The molecule has 1 aliphatic heterocycles. The molecule has 0 radical (unpaired) electrons. The highest BCUT2D eigenvalue weighted by atomic mass is 31.2. The fourth-order valence-corrected chi connectivity index (χ4v) is 3.19. The molecule has 4 atom stereocenters. The predicted octanol–water partition coefficient (Wildman–Crippen LogP) is -4.01. The van der Waals surface area contributed by atoms with E-state index in [1.54, 1.807) is 0 Å². The first-order valence-corrected chi connectivity index (χ1v) is 12.4. The molecule has 0 amide bonds. The van der Waals surface area contributed by atoms with Gasteiger partial charge in [-0.05, 0) is 6.07 Å². The van der Waals surface area contributed by atoms with Gasteiger partial charge in [0.15, 0.2) is 31.6 Å². The van der Waals surface area contributed by atoms with Crippen molar-refractivity contribution < 1.29 is 77.1 Å². The summed E-state index contributed by atoms with van der Waals surface area (Å²) in [5.41, 5.74) is -0.184. The van der Waals surface area contributed by atoms with E-state index in [9.17, 15) is 44.1 Å². The zero-order valence-corrected chi connectivity index (χ0v) is 22.9. The van der Waals surface area contributed by atoms with Crippen molar-refractivity contribution in [3.8, 4) is 0 Å². The first-order valence-electron chi connectivity index (χ1n) is 11.0. The van der Waals surface area contributed by atoms with Gasteiger partial charge in [-0.25, -0.2) is 9.59 Å². The Bertz CT molecular complexity index is 962. The number of pyridine rings is 1. The van der Waals surface area contributed by atoms with Crippen molar-refractivity contribution in [1.82, 2.24) is 0 Å². The van der Waals surface area contributed by atoms with Gasteiger partial charge >= 0.3 is 11.9 Å². The van der Waals surface area contributed by atoms with Gasteiger partial charge in [0.05, 0.1) is 68.2 Å². The van der Waals surface area contributed by atoms with E-state index in [1.807, 2.05) is 42.3 Å². The molecular weight excluding hydrogens is 545 g/mol. The maximum atomic E-state index is 10.8. The molecule has 1 aromatic rings. The fourth-order valence-electron chi connectivity index (χ4n) is 2.86. The lowest BCUT2D eigenvalue weighted by Crippen LogP contribution is -2.46. The van der Waals surface area contributed by atoms with Crippen molar-refractivity contribution >= 4 is 25.7 Å². The number of aromatic carboxylic acids is 1. The van der Waals surface area contributed by atoms with Crippen LogP contribution in [0.25, 0.3) is 0 Å². The van der Waals surface area contributed by atoms with E-state index >= 15 is 0 Å². The van der Waals surface area contributed by atoms with Gasteiger partial charge in [-0.3, -0.25) is 0 Å².